The molecule has 8 heteroatoms. The third-order valence-corrected chi connectivity index (χ3v) is 8.57. The number of carbonyl (C=O) groups is 2. The second-order valence-electron chi connectivity index (χ2n) is 10.7. The topological polar surface area (TPSA) is 114 Å². The number of aryl methyl sites for hydroxylation is 1. The average Bonchev–Trinajstić information content (AvgIpc) is 3.64. The zero-order chi connectivity index (χ0) is 26.2. The van der Waals surface area contributed by atoms with Crippen LogP contribution in [0.2, 0.25) is 0 Å². The SMILES string of the molecule is Cc1cc(C(=O)N[C@@H]2CCCC[C@@H]2C(=O)N2CC[C@@H]3[C@H](c4ncc[nH]4)Nc4ccccc4[C@@H]32)ccc1C#N. The van der Waals surface area contributed by atoms with Crippen molar-refractivity contribution in [2.45, 2.75) is 57.2 Å². The van der Waals surface area contributed by atoms with Gasteiger partial charge in [-0.1, -0.05) is 31.0 Å². The van der Waals surface area contributed by atoms with Crippen molar-refractivity contribution in [1.29, 1.82) is 5.26 Å². The fraction of sp³-hybridized carbons (Fsp3) is 0.400. The minimum Gasteiger partial charge on any atom is -0.375 e. The van der Waals surface area contributed by atoms with Crippen LogP contribution in [0.1, 0.15) is 77.1 Å². The number of rotatable bonds is 4. The summed E-state index contributed by atoms with van der Waals surface area (Å²) >= 11 is 0. The van der Waals surface area contributed by atoms with Gasteiger partial charge in [-0.15, -0.1) is 0 Å². The van der Waals surface area contributed by atoms with E-state index in [2.05, 4.69) is 43.7 Å². The van der Waals surface area contributed by atoms with Crippen LogP contribution in [-0.2, 0) is 4.79 Å². The van der Waals surface area contributed by atoms with Crippen molar-refractivity contribution in [2.24, 2.45) is 11.8 Å². The highest BCUT2D eigenvalue weighted by atomic mass is 16.2. The van der Waals surface area contributed by atoms with E-state index in [0.29, 0.717) is 17.7 Å². The Bertz CT molecular complexity index is 1390. The lowest BCUT2D eigenvalue weighted by atomic mass is 9.80. The molecule has 1 aliphatic carbocycles. The largest absolute Gasteiger partial charge is 0.375 e. The standard InChI is InChI=1S/C30H32N6O2/c1-18-16-19(10-11-20(18)17-31)29(37)35-25-9-5-3-7-22(25)30(38)36-15-12-23-26(28-32-13-14-33-28)34-24-8-4-2-6-21(24)27(23)36/h2,4,6,8,10-11,13-14,16,22-23,25-27,34H,3,5,7,9,12,15H2,1H3,(H,32,33)(H,35,37)/t22-,23+,25+,26+,27-/m0/s1. The Morgan fingerprint density at radius 1 is 1.13 bits per heavy atom. The van der Waals surface area contributed by atoms with Gasteiger partial charge in [0, 0.05) is 42.1 Å². The first kappa shape index (κ1) is 24.2. The van der Waals surface area contributed by atoms with E-state index >= 15 is 0 Å². The van der Waals surface area contributed by atoms with Crippen LogP contribution in [-0.4, -0.2) is 39.3 Å². The highest BCUT2D eigenvalue weighted by molar-refractivity contribution is 5.95. The molecule has 3 N–H and O–H groups in total. The Kier molecular flexibility index (Phi) is 6.36. The summed E-state index contributed by atoms with van der Waals surface area (Å²) < 4.78 is 0. The highest BCUT2D eigenvalue weighted by Gasteiger charge is 2.49. The summed E-state index contributed by atoms with van der Waals surface area (Å²) in [5.74, 6) is 0.790. The first-order valence-electron chi connectivity index (χ1n) is 13.5. The van der Waals surface area contributed by atoms with Crippen molar-refractivity contribution in [3.05, 3.63) is 82.9 Å². The van der Waals surface area contributed by atoms with Gasteiger partial charge in [-0.2, -0.15) is 5.26 Å². The first-order chi connectivity index (χ1) is 18.5. The number of aromatic amines is 1. The number of likely N-dealkylation sites (tertiary alicyclic amines) is 1. The lowest BCUT2D eigenvalue weighted by Crippen LogP contribution is -2.50. The minimum atomic E-state index is -0.255. The number of H-pyrrole nitrogens is 1. The summed E-state index contributed by atoms with van der Waals surface area (Å²) in [7, 11) is 0. The molecule has 6 rings (SSSR count). The van der Waals surface area contributed by atoms with Gasteiger partial charge in [0.05, 0.1) is 29.6 Å². The Morgan fingerprint density at radius 2 is 1.97 bits per heavy atom. The number of nitrogens with zero attached hydrogens (tertiary/aromatic N) is 3. The normalized spacial score (nSPS) is 26.0. The Balaban J connectivity index is 1.25. The van der Waals surface area contributed by atoms with Gasteiger partial charge in [-0.25, -0.2) is 4.98 Å². The monoisotopic (exact) mass is 508 g/mol. The van der Waals surface area contributed by atoms with Crippen molar-refractivity contribution >= 4 is 17.5 Å². The van der Waals surface area contributed by atoms with Crippen LogP contribution in [0.5, 0.6) is 0 Å². The van der Waals surface area contributed by atoms with Crippen LogP contribution in [0, 0.1) is 30.1 Å². The van der Waals surface area contributed by atoms with Crippen molar-refractivity contribution in [3.63, 3.8) is 0 Å². The molecule has 2 aliphatic heterocycles. The van der Waals surface area contributed by atoms with Crippen LogP contribution < -0.4 is 10.6 Å². The van der Waals surface area contributed by atoms with Gasteiger partial charge in [0.15, 0.2) is 0 Å². The molecule has 2 fully saturated rings. The first-order valence-corrected chi connectivity index (χ1v) is 13.5. The van der Waals surface area contributed by atoms with Gasteiger partial charge in [0.2, 0.25) is 5.91 Å². The maximum atomic E-state index is 14.2. The maximum absolute atomic E-state index is 14.2. The predicted octanol–water partition coefficient (Wildman–Crippen LogP) is 4.64. The summed E-state index contributed by atoms with van der Waals surface area (Å²) in [5, 5.41) is 16.1. The molecule has 0 unspecified atom stereocenters. The fourth-order valence-electron chi connectivity index (χ4n) is 6.68. The molecule has 5 atom stereocenters. The van der Waals surface area contributed by atoms with E-state index in [9.17, 15) is 14.9 Å². The smallest absolute Gasteiger partial charge is 0.251 e. The number of carbonyl (C=O) groups excluding carboxylic acids is 2. The number of anilines is 1. The maximum Gasteiger partial charge on any atom is 0.251 e. The lowest BCUT2D eigenvalue weighted by Gasteiger charge is -2.41. The van der Waals surface area contributed by atoms with Gasteiger partial charge in [-0.3, -0.25) is 9.59 Å². The number of para-hydroxylation sites is 1. The van der Waals surface area contributed by atoms with E-state index in [1.165, 1.54) is 0 Å². The zero-order valence-corrected chi connectivity index (χ0v) is 21.5. The fourth-order valence-corrected chi connectivity index (χ4v) is 6.68. The molecule has 1 aromatic heterocycles. The third-order valence-electron chi connectivity index (χ3n) is 8.57. The summed E-state index contributed by atoms with van der Waals surface area (Å²) in [6, 6.07) is 15.3. The lowest BCUT2D eigenvalue weighted by molar-refractivity contribution is -0.138. The highest BCUT2D eigenvalue weighted by Crippen LogP contribution is 2.51. The molecule has 0 spiro atoms. The molecule has 3 aromatic rings. The molecule has 2 amide bonds. The number of amides is 2. The summed E-state index contributed by atoms with van der Waals surface area (Å²) in [4.78, 5) is 37.3. The van der Waals surface area contributed by atoms with Crippen molar-refractivity contribution < 1.29 is 9.59 Å². The number of fused-ring (bicyclic) bond motifs is 3. The number of aromatic nitrogens is 2. The number of benzene rings is 2. The van der Waals surface area contributed by atoms with E-state index in [-0.39, 0.29) is 41.8 Å². The zero-order valence-electron chi connectivity index (χ0n) is 21.5. The van der Waals surface area contributed by atoms with E-state index in [4.69, 9.17) is 0 Å². The molecule has 38 heavy (non-hydrogen) atoms. The molecular weight excluding hydrogens is 476 g/mol. The van der Waals surface area contributed by atoms with Crippen molar-refractivity contribution in [3.8, 4) is 6.07 Å². The van der Waals surface area contributed by atoms with E-state index < -0.39 is 0 Å². The predicted molar refractivity (Wildman–Crippen MR) is 143 cm³/mol. The average molecular weight is 509 g/mol. The van der Waals surface area contributed by atoms with Crippen LogP contribution in [0.4, 0.5) is 5.69 Å². The Morgan fingerprint density at radius 3 is 2.76 bits per heavy atom. The number of imidazole rings is 1. The van der Waals surface area contributed by atoms with Crippen LogP contribution in [0.25, 0.3) is 0 Å². The Labute approximate surface area is 222 Å². The van der Waals surface area contributed by atoms with Gasteiger partial charge in [-0.05, 0) is 61.6 Å². The molecule has 1 saturated heterocycles. The number of hydrogen-bond donors (Lipinski definition) is 3. The molecule has 3 heterocycles. The molecule has 1 saturated carbocycles. The summed E-state index contributed by atoms with van der Waals surface area (Å²) in [6.45, 7) is 2.52. The molecule has 3 aliphatic rings. The van der Waals surface area contributed by atoms with Gasteiger partial charge < -0.3 is 20.5 Å². The van der Waals surface area contributed by atoms with Crippen molar-refractivity contribution in [2.75, 3.05) is 11.9 Å². The van der Waals surface area contributed by atoms with Crippen LogP contribution in [0.3, 0.4) is 0 Å². The van der Waals surface area contributed by atoms with Gasteiger partial charge in [0.25, 0.3) is 5.91 Å². The van der Waals surface area contributed by atoms with E-state index in [1.807, 2.05) is 25.3 Å². The molecular formula is C30H32N6O2. The summed E-state index contributed by atoms with van der Waals surface area (Å²) in [5.41, 5.74) is 4.05. The van der Waals surface area contributed by atoms with Gasteiger partial charge in [0.1, 0.15) is 5.82 Å². The number of nitriles is 1. The molecule has 0 bridgehead atoms. The Hall–Kier alpha value is -4.12. The molecule has 194 valence electrons. The number of hydrogen-bond acceptors (Lipinski definition) is 5. The molecule has 8 nitrogen and oxygen atoms in total. The second-order valence-corrected chi connectivity index (χ2v) is 10.7. The van der Waals surface area contributed by atoms with E-state index in [1.54, 1.807) is 24.4 Å². The van der Waals surface area contributed by atoms with Crippen LogP contribution in [0.15, 0.2) is 54.9 Å². The van der Waals surface area contributed by atoms with Crippen molar-refractivity contribution in [1.82, 2.24) is 20.2 Å². The quantitative estimate of drug-likeness (QED) is 0.475. The van der Waals surface area contributed by atoms with E-state index in [0.717, 1.165) is 54.7 Å². The summed E-state index contributed by atoms with van der Waals surface area (Å²) in [6.07, 6.45) is 8.02. The third kappa shape index (κ3) is 4.22. The van der Waals surface area contributed by atoms with Gasteiger partial charge >= 0.3 is 0 Å². The molecule has 0 radical (unpaired) electrons. The minimum absolute atomic E-state index is 0.00387. The molecule has 2 aromatic carbocycles. The van der Waals surface area contributed by atoms with Crippen LogP contribution >= 0.6 is 0 Å². The second kappa shape index (κ2) is 9.97. The number of nitrogens with one attached hydrogen (secondary N) is 3.